The molecule has 3 rings (SSSR count). The molecule has 2 amide bonds. The van der Waals surface area contributed by atoms with Crippen molar-refractivity contribution in [1.82, 2.24) is 24.8 Å². The van der Waals surface area contributed by atoms with Crippen LogP contribution in [0, 0.1) is 5.92 Å². The lowest BCUT2D eigenvalue weighted by Gasteiger charge is -2.17. The van der Waals surface area contributed by atoms with E-state index in [0.717, 1.165) is 36.4 Å². The fourth-order valence-electron chi connectivity index (χ4n) is 3.27. The number of amides is 2. The first-order valence-electron chi connectivity index (χ1n) is 8.52. The van der Waals surface area contributed by atoms with Gasteiger partial charge in [0.15, 0.2) is 5.65 Å². The molecule has 3 heterocycles. The van der Waals surface area contributed by atoms with Gasteiger partial charge in [0, 0.05) is 32.3 Å². The van der Waals surface area contributed by atoms with Gasteiger partial charge in [-0.05, 0) is 31.4 Å². The number of esters is 1. The molecule has 8 heteroatoms. The average molecular weight is 345 g/mol. The van der Waals surface area contributed by atoms with E-state index in [9.17, 15) is 9.59 Å². The average Bonchev–Trinajstić information content (AvgIpc) is 3.23. The number of carbonyl (C=O) groups excluding carboxylic acids is 2. The van der Waals surface area contributed by atoms with Gasteiger partial charge in [-0.3, -0.25) is 4.79 Å². The Kier molecular flexibility index (Phi) is 5.16. The molecule has 1 saturated heterocycles. The topological polar surface area (TPSA) is 89.4 Å². The van der Waals surface area contributed by atoms with Crippen molar-refractivity contribution in [2.24, 2.45) is 5.92 Å². The second kappa shape index (κ2) is 7.50. The fraction of sp³-hybridized carbons (Fsp3) is 0.529. The number of hydrogen-bond donors (Lipinski definition) is 1. The molecule has 0 bridgehead atoms. The van der Waals surface area contributed by atoms with E-state index in [-0.39, 0.29) is 12.6 Å². The number of pyridine rings is 1. The number of likely N-dealkylation sites (tertiary alicyclic amines) is 1. The van der Waals surface area contributed by atoms with Gasteiger partial charge in [0.05, 0.1) is 7.11 Å². The Bertz CT molecular complexity index is 773. The summed E-state index contributed by atoms with van der Waals surface area (Å²) in [5.41, 5.74) is 1.82. The molecule has 0 saturated carbocycles. The number of methoxy groups -OCH3 is 1. The van der Waals surface area contributed by atoms with Crippen molar-refractivity contribution >= 4 is 23.2 Å². The SMILES string of the molecule is CCn1c(C[C@@H]2CCN(C(=O)NCC(=O)OC)C2)nc2cccnc21. The van der Waals surface area contributed by atoms with Crippen LogP contribution in [-0.2, 0) is 22.5 Å². The van der Waals surface area contributed by atoms with E-state index < -0.39 is 5.97 Å². The van der Waals surface area contributed by atoms with Gasteiger partial charge in [0.2, 0.25) is 0 Å². The van der Waals surface area contributed by atoms with Crippen LogP contribution in [0.4, 0.5) is 4.79 Å². The number of hydrogen-bond acceptors (Lipinski definition) is 5. The van der Waals surface area contributed by atoms with Gasteiger partial charge < -0.3 is 19.5 Å². The van der Waals surface area contributed by atoms with Crippen LogP contribution in [-0.4, -0.2) is 58.2 Å². The molecule has 0 spiro atoms. The zero-order valence-electron chi connectivity index (χ0n) is 14.6. The zero-order chi connectivity index (χ0) is 17.8. The third-order valence-electron chi connectivity index (χ3n) is 4.55. The van der Waals surface area contributed by atoms with E-state index in [2.05, 4.69) is 26.5 Å². The number of aryl methyl sites for hydroxylation is 1. The summed E-state index contributed by atoms with van der Waals surface area (Å²) in [6.45, 7) is 4.14. The fourth-order valence-corrected chi connectivity index (χ4v) is 3.27. The van der Waals surface area contributed by atoms with Crippen LogP contribution in [0.1, 0.15) is 19.2 Å². The number of ether oxygens (including phenoxy) is 1. The molecular weight excluding hydrogens is 322 g/mol. The number of urea groups is 1. The van der Waals surface area contributed by atoms with Gasteiger partial charge in [0.1, 0.15) is 17.9 Å². The number of nitrogens with one attached hydrogen (secondary N) is 1. The number of fused-ring (bicyclic) bond motifs is 1. The molecule has 1 aliphatic rings. The first-order valence-corrected chi connectivity index (χ1v) is 8.52. The molecule has 0 aromatic carbocycles. The minimum atomic E-state index is -0.451. The van der Waals surface area contributed by atoms with Gasteiger partial charge in [0.25, 0.3) is 0 Å². The lowest BCUT2D eigenvalue weighted by Crippen LogP contribution is -2.41. The minimum Gasteiger partial charge on any atom is -0.468 e. The lowest BCUT2D eigenvalue weighted by molar-refractivity contribution is -0.139. The summed E-state index contributed by atoms with van der Waals surface area (Å²) in [6.07, 6.45) is 3.51. The second-order valence-corrected chi connectivity index (χ2v) is 6.16. The summed E-state index contributed by atoms with van der Waals surface area (Å²) in [5.74, 6) is 0.914. The second-order valence-electron chi connectivity index (χ2n) is 6.16. The van der Waals surface area contributed by atoms with Crippen molar-refractivity contribution < 1.29 is 14.3 Å². The van der Waals surface area contributed by atoms with Crippen molar-refractivity contribution in [3.63, 3.8) is 0 Å². The summed E-state index contributed by atoms with van der Waals surface area (Å²) < 4.78 is 6.66. The Labute approximate surface area is 146 Å². The smallest absolute Gasteiger partial charge is 0.325 e. The van der Waals surface area contributed by atoms with E-state index in [4.69, 9.17) is 4.98 Å². The maximum Gasteiger partial charge on any atom is 0.325 e. The van der Waals surface area contributed by atoms with Crippen LogP contribution >= 0.6 is 0 Å². The van der Waals surface area contributed by atoms with Crippen molar-refractivity contribution in [2.75, 3.05) is 26.7 Å². The summed E-state index contributed by atoms with van der Waals surface area (Å²) in [7, 11) is 1.30. The number of nitrogens with zero attached hydrogens (tertiary/aromatic N) is 4. The first kappa shape index (κ1) is 17.2. The predicted molar refractivity (Wildman–Crippen MR) is 92.0 cm³/mol. The first-order chi connectivity index (χ1) is 12.1. The molecular formula is C17H23N5O3. The molecule has 25 heavy (non-hydrogen) atoms. The van der Waals surface area contributed by atoms with Gasteiger partial charge in [-0.25, -0.2) is 14.8 Å². The number of rotatable bonds is 5. The lowest BCUT2D eigenvalue weighted by atomic mass is 10.0. The predicted octanol–water partition coefficient (Wildman–Crippen LogP) is 1.20. The molecule has 8 nitrogen and oxygen atoms in total. The molecule has 0 radical (unpaired) electrons. The van der Waals surface area contributed by atoms with Gasteiger partial charge in [-0.15, -0.1) is 0 Å². The highest BCUT2D eigenvalue weighted by Crippen LogP contribution is 2.22. The third kappa shape index (κ3) is 3.72. The highest BCUT2D eigenvalue weighted by molar-refractivity contribution is 5.80. The van der Waals surface area contributed by atoms with Crippen LogP contribution in [0.2, 0.25) is 0 Å². The molecule has 1 N–H and O–H groups in total. The highest BCUT2D eigenvalue weighted by atomic mass is 16.5. The maximum absolute atomic E-state index is 12.1. The number of imidazole rings is 1. The van der Waals surface area contributed by atoms with E-state index in [1.807, 2.05) is 12.1 Å². The van der Waals surface area contributed by atoms with Crippen LogP contribution < -0.4 is 5.32 Å². The van der Waals surface area contributed by atoms with Crippen LogP contribution in [0.3, 0.4) is 0 Å². The van der Waals surface area contributed by atoms with E-state index in [0.29, 0.717) is 19.0 Å². The Morgan fingerprint density at radius 3 is 3.04 bits per heavy atom. The van der Waals surface area contributed by atoms with Crippen LogP contribution in [0.5, 0.6) is 0 Å². The molecule has 134 valence electrons. The molecule has 2 aromatic rings. The Balaban J connectivity index is 1.62. The number of carbonyl (C=O) groups is 2. The van der Waals surface area contributed by atoms with Crippen molar-refractivity contribution in [1.29, 1.82) is 0 Å². The maximum atomic E-state index is 12.1. The van der Waals surface area contributed by atoms with E-state index >= 15 is 0 Å². The number of aromatic nitrogens is 3. The zero-order valence-corrected chi connectivity index (χ0v) is 14.6. The molecule has 0 aliphatic carbocycles. The van der Waals surface area contributed by atoms with E-state index in [1.54, 1.807) is 11.1 Å². The monoisotopic (exact) mass is 345 g/mol. The quantitative estimate of drug-likeness (QED) is 0.823. The minimum absolute atomic E-state index is 0.103. The van der Waals surface area contributed by atoms with Crippen molar-refractivity contribution in [3.05, 3.63) is 24.2 Å². The van der Waals surface area contributed by atoms with Gasteiger partial charge in [-0.1, -0.05) is 0 Å². The molecule has 1 aliphatic heterocycles. The summed E-state index contributed by atoms with van der Waals surface area (Å²) in [5, 5.41) is 2.59. The van der Waals surface area contributed by atoms with Crippen LogP contribution in [0.25, 0.3) is 11.2 Å². The van der Waals surface area contributed by atoms with Gasteiger partial charge >= 0.3 is 12.0 Å². The van der Waals surface area contributed by atoms with E-state index in [1.165, 1.54) is 7.11 Å². The molecule has 0 unspecified atom stereocenters. The van der Waals surface area contributed by atoms with Crippen LogP contribution in [0.15, 0.2) is 18.3 Å². The largest absolute Gasteiger partial charge is 0.468 e. The third-order valence-corrected chi connectivity index (χ3v) is 4.55. The standard InChI is InChI=1S/C17H23N5O3/c1-3-22-14(20-13-5-4-7-18-16(13)22)9-12-6-8-21(11-12)17(24)19-10-15(23)25-2/h4-5,7,12H,3,6,8-11H2,1-2H3,(H,19,24)/t12-/m0/s1. The highest BCUT2D eigenvalue weighted by Gasteiger charge is 2.28. The summed E-state index contributed by atoms with van der Waals surface area (Å²) >= 11 is 0. The van der Waals surface area contributed by atoms with Gasteiger partial charge in [-0.2, -0.15) is 0 Å². The summed E-state index contributed by atoms with van der Waals surface area (Å²) in [6, 6.07) is 3.64. The van der Waals surface area contributed by atoms with Crippen molar-refractivity contribution in [2.45, 2.75) is 26.3 Å². The molecule has 1 atom stereocenters. The Morgan fingerprint density at radius 1 is 1.44 bits per heavy atom. The molecule has 2 aromatic heterocycles. The molecule has 1 fully saturated rings. The van der Waals surface area contributed by atoms with Crippen molar-refractivity contribution in [3.8, 4) is 0 Å². The Hall–Kier alpha value is -2.64. The normalized spacial score (nSPS) is 17.0. The summed E-state index contributed by atoms with van der Waals surface area (Å²) in [4.78, 5) is 34.1. The Morgan fingerprint density at radius 2 is 2.28 bits per heavy atom.